The fraction of sp³-hybridized carbons (Fsp3) is 0.467. The number of nitrogens with zero attached hydrogens (tertiary/aromatic N) is 3. The molecule has 1 aliphatic rings. The molecular weight excluding hydrogens is 268 g/mol. The Labute approximate surface area is 123 Å². The number of thioether (sulfide) groups is 1. The van der Waals surface area contributed by atoms with Crippen LogP contribution in [0.5, 0.6) is 0 Å². The van der Waals surface area contributed by atoms with Gasteiger partial charge >= 0.3 is 0 Å². The van der Waals surface area contributed by atoms with Gasteiger partial charge in [0.25, 0.3) is 0 Å². The van der Waals surface area contributed by atoms with Gasteiger partial charge in [-0.1, -0.05) is 0 Å². The van der Waals surface area contributed by atoms with Gasteiger partial charge in [0.15, 0.2) is 0 Å². The number of nitrogen functional groups attached to an aromatic ring is 1. The third-order valence-corrected chi connectivity index (χ3v) is 5.29. The van der Waals surface area contributed by atoms with Crippen LogP contribution in [0.2, 0.25) is 0 Å². The first-order chi connectivity index (χ1) is 9.79. The van der Waals surface area contributed by atoms with E-state index < -0.39 is 0 Å². The van der Waals surface area contributed by atoms with E-state index >= 15 is 0 Å². The fourth-order valence-electron chi connectivity index (χ4n) is 3.00. The van der Waals surface area contributed by atoms with Gasteiger partial charge in [-0.2, -0.15) is 11.8 Å². The minimum absolute atomic E-state index is 0.538. The lowest BCUT2D eigenvalue weighted by molar-refractivity contribution is 0.362. The topological polar surface area (TPSA) is 56.7 Å². The minimum Gasteiger partial charge on any atom is -0.383 e. The van der Waals surface area contributed by atoms with E-state index in [1.165, 1.54) is 25.7 Å². The average Bonchev–Trinajstić information content (AvgIpc) is 2.97. The SMILES string of the molecule is CSC1CCC(n2cncc2-c2cccnc2N)CC1. The molecule has 0 aromatic carbocycles. The second-order valence-electron chi connectivity index (χ2n) is 5.29. The second kappa shape index (κ2) is 5.87. The first-order valence-corrected chi connectivity index (χ1v) is 8.34. The molecule has 1 fully saturated rings. The molecule has 2 aromatic heterocycles. The molecule has 0 spiro atoms. The maximum atomic E-state index is 6.00. The number of imidazole rings is 1. The second-order valence-corrected chi connectivity index (χ2v) is 6.43. The van der Waals surface area contributed by atoms with Crippen molar-refractivity contribution in [1.82, 2.24) is 14.5 Å². The van der Waals surface area contributed by atoms with Crippen LogP contribution in [0.25, 0.3) is 11.3 Å². The van der Waals surface area contributed by atoms with Crippen LogP contribution in [0, 0.1) is 0 Å². The maximum Gasteiger partial charge on any atom is 0.132 e. The van der Waals surface area contributed by atoms with E-state index in [1.54, 1.807) is 6.20 Å². The summed E-state index contributed by atoms with van der Waals surface area (Å²) in [6.07, 6.45) is 12.8. The van der Waals surface area contributed by atoms with Gasteiger partial charge < -0.3 is 10.3 Å². The third kappa shape index (κ3) is 2.54. The maximum absolute atomic E-state index is 6.00. The van der Waals surface area contributed by atoms with E-state index in [-0.39, 0.29) is 0 Å². The number of hydrogen-bond donors (Lipinski definition) is 1. The highest BCUT2D eigenvalue weighted by atomic mass is 32.2. The largest absolute Gasteiger partial charge is 0.383 e. The number of nitrogens with two attached hydrogens (primary N) is 1. The monoisotopic (exact) mass is 288 g/mol. The van der Waals surface area contributed by atoms with Crippen molar-refractivity contribution in [1.29, 1.82) is 0 Å². The molecule has 0 atom stereocenters. The van der Waals surface area contributed by atoms with Crippen LogP contribution in [-0.2, 0) is 0 Å². The predicted molar refractivity (Wildman–Crippen MR) is 84.7 cm³/mol. The molecule has 0 unspecified atom stereocenters. The molecule has 0 aliphatic heterocycles. The zero-order valence-corrected chi connectivity index (χ0v) is 12.5. The molecule has 4 nitrogen and oxygen atoms in total. The van der Waals surface area contributed by atoms with Crippen molar-refractivity contribution < 1.29 is 0 Å². The summed E-state index contributed by atoms with van der Waals surface area (Å²) < 4.78 is 2.28. The molecule has 0 amide bonds. The first-order valence-electron chi connectivity index (χ1n) is 7.05. The number of rotatable bonds is 3. The van der Waals surface area contributed by atoms with Crippen molar-refractivity contribution in [3.8, 4) is 11.3 Å². The van der Waals surface area contributed by atoms with Crippen LogP contribution in [0.15, 0.2) is 30.9 Å². The highest BCUT2D eigenvalue weighted by Gasteiger charge is 2.23. The van der Waals surface area contributed by atoms with Crippen LogP contribution >= 0.6 is 11.8 Å². The Bertz CT molecular complexity index is 573. The minimum atomic E-state index is 0.538. The van der Waals surface area contributed by atoms with Crippen LogP contribution in [-0.4, -0.2) is 26.0 Å². The lowest BCUT2D eigenvalue weighted by Crippen LogP contribution is -2.19. The van der Waals surface area contributed by atoms with E-state index in [4.69, 9.17) is 5.73 Å². The van der Waals surface area contributed by atoms with Crippen LogP contribution in [0.3, 0.4) is 0 Å². The van der Waals surface area contributed by atoms with Gasteiger partial charge in [-0.15, -0.1) is 0 Å². The molecule has 0 saturated heterocycles. The smallest absolute Gasteiger partial charge is 0.132 e. The van der Waals surface area contributed by atoms with Gasteiger partial charge in [0, 0.05) is 23.1 Å². The number of hydrogen-bond acceptors (Lipinski definition) is 4. The van der Waals surface area contributed by atoms with Gasteiger partial charge in [0.2, 0.25) is 0 Å². The Morgan fingerprint density at radius 2 is 2.10 bits per heavy atom. The lowest BCUT2D eigenvalue weighted by atomic mass is 9.94. The molecule has 2 N–H and O–H groups in total. The Hall–Kier alpha value is -1.49. The fourth-order valence-corrected chi connectivity index (χ4v) is 3.74. The molecule has 2 aromatic rings. The van der Waals surface area contributed by atoms with E-state index in [1.807, 2.05) is 36.4 Å². The van der Waals surface area contributed by atoms with Crippen molar-refractivity contribution in [2.75, 3.05) is 12.0 Å². The molecule has 20 heavy (non-hydrogen) atoms. The number of anilines is 1. The summed E-state index contributed by atoms with van der Waals surface area (Å²) in [6, 6.07) is 4.48. The summed E-state index contributed by atoms with van der Waals surface area (Å²) in [4.78, 5) is 8.51. The van der Waals surface area contributed by atoms with Crippen LogP contribution in [0.4, 0.5) is 5.82 Å². The van der Waals surface area contributed by atoms with Crippen molar-refractivity contribution in [2.45, 2.75) is 37.0 Å². The Balaban J connectivity index is 1.86. The van der Waals surface area contributed by atoms with Crippen LogP contribution < -0.4 is 5.73 Å². The summed E-state index contributed by atoms with van der Waals surface area (Å²) in [6.45, 7) is 0. The zero-order valence-electron chi connectivity index (χ0n) is 11.7. The number of aromatic nitrogens is 3. The van der Waals surface area contributed by atoms with Crippen molar-refractivity contribution >= 4 is 17.6 Å². The van der Waals surface area contributed by atoms with Crippen molar-refractivity contribution in [3.05, 3.63) is 30.9 Å². The van der Waals surface area contributed by atoms with Crippen molar-refractivity contribution in [2.24, 2.45) is 0 Å². The highest BCUT2D eigenvalue weighted by Crippen LogP contribution is 2.36. The van der Waals surface area contributed by atoms with E-state index in [0.717, 1.165) is 16.5 Å². The standard InChI is InChI=1S/C15H20N4S/c1-20-12-6-4-11(5-7-12)19-10-17-9-14(19)13-3-2-8-18-15(13)16/h2-3,8-12H,4-7H2,1H3,(H2,16,18). The summed E-state index contributed by atoms with van der Waals surface area (Å²) in [5, 5.41) is 0.821. The van der Waals surface area contributed by atoms with Gasteiger partial charge in [0.1, 0.15) is 5.82 Å². The molecular formula is C15H20N4S. The summed E-state index contributed by atoms with van der Waals surface area (Å²) in [7, 11) is 0. The summed E-state index contributed by atoms with van der Waals surface area (Å²) in [5.74, 6) is 0.576. The summed E-state index contributed by atoms with van der Waals surface area (Å²) in [5.41, 5.74) is 8.07. The van der Waals surface area contributed by atoms with Gasteiger partial charge in [-0.3, -0.25) is 0 Å². The first kappa shape index (κ1) is 13.5. The molecule has 1 saturated carbocycles. The molecule has 3 rings (SSSR count). The van der Waals surface area contributed by atoms with E-state index in [9.17, 15) is 0 Å². The predicted octanol–water partition coefficient (Wildman–Crippen LogP) is 3.37. The van der Waals surface area contributed by atoms with E-state index in [2.05, 4.69) is 20.8 Å². The van der Waals surface area contributed by atoms with Crippen LogP contribution in [0.1, 0.15) is 31.7 Å². The van der Waals surface area contributed by atoms with Gasteiger partial charge in [0.05, 0.1) is 18.2 Å². The Morgan fingerprint density at radius 3 is 2.80 bits per heavy atom. The molecule has 1 aliphatic carbocycles. The Morgan fingerprint density at radius 1 is 1.30 bits per heavy atom. The van der Waals surface area contributed by atoms with Gasteiger partial charge in [-0.05, 0) is 44.1 Å². The zero-order chi connectivity index (χ0) is 13.9. The normalized spacial score (nSPS) is 22.9. The molecule has 106 valence electrons. The molecule has 0 bridgehead atoms. The quantitative estimate of drug-likeness (QED) is 0.940. The molecule has 5 heteroatoms. The van der Waals surface area contributed by atoms with Gasteiger partial charge in [-0.25, -0.2) is 9.97 Å². The molecule has 0 radical (unpaired) electrons. The average molecular weight is 288 g/mol. The third-order valence-electron chi connectivity index (χ3n) is 4.15. The molecule has 2 heterocycles. The van der Waals surface area contributed by atoms with E-state index in [0.29, 0.717) is 11.9 Å². The lowest BCUT2D eigenvalue weighted by Gasteiger charge is -2.29. The summed E-state index contributed by atoms with van der Waals surface area (Å²) >= 11 is 1.99. The number of pyridine rings is 1. The highest BCUT2D eigenvalue weighted by molar-refractivity contribution is 7.99. The Kier molecular flexibility index (Phi) is 3.96. The van der Waals surface area contributed by atoms with Crippen molar-refractivity contribution in [3.63, 3.8) is 0 Å².